The van der Waals surface area contributed by atoms with E-state index in [2.05, 4.69) is 18.8 Å². The van der Waals surface area contributed by atoms with Gasteiger partial charge in [-0.3, -0.25) is 4.79 Å². The molecule has 1 aromatic heterocycles. The van der Waals surface area contributed by atoms with Crippen molar-refractivity contribution in [3.63, 3.8) is 0 Å². The van der Waals surface area contributed by atoms with Crippen LogP contribution in [0.25, 0.3) is 11.0 Å². The van der Waals surface area contributed by atoms with Gasteiger partial charge < -0.3 is 9.47 Å². The lowest BCUT2D eigenvalue weighted by molar-refractivity contribution is 0.0717. The zero-order valence-corrected chi connectivity index (χ0v) is 16.6. The van der Waals surface area contributed by atoms with Crippen molar-refractivity contribution in [1.82, 2.24) is 14.5 Å². The van der Waals surface area contributed by atoms with Gasteiger partial charge in [0.25, 0.3) is 5.91 Å². The van der Waals surface area contributed by atoms with E-state index in [1.807, 2.05) is 34.7 Å². The number of carbonyl (C=O) groups excluding carboxylic acids is 1. The molecule has 0 fully saturated rings. The number of fused-ring (bicyclic) bond motifs is 1. The van der Waals surface area contributed by atoms with Crippen molar-refractivity contribution in [2.24, 2.45) is 13.0 Å². The first kappa shape index (κ1) is 18.7. The van der Waals surface area contributed by atoms with Crippen LogP contribution in [0.4, 0.5) is 0 Å². The summed E-state index contributed by atoms with van der Waals surface area (Å²) in [6.45, 7) is 5.24. The van der Waals surface area contributed by atoms with E-state index in [0.29, 0.717) is 34.6 Å². The predicted molar refractivity (Wildman–Crippen MR) is 107 cm³/mol. The highest BCUT2D eigenvalue weighted by molar-refractivity contribution is 6.31. The summed E-state index contributed by atoms with van der Waals surface area (Å²) in [6, 6.07) is 12.7. The maximum absolute atomic E-state index is 13.0. The van der Waals surface area contributed by atoms with Crippen LogP contribution in [0.15, 0.2) is 42.5 Å². The van der Waals surface area contributed by atoms with Gasteiger partial charge in [0.05, 0.1) is 17.6 Å². The van der Waals surface area contributed by atoms with Crippen molar-refractivity contribution < 1.29 is 4.79 Å². The summed E-state index contributed by atoms with van der Waals surface area (Å²) in [6.07, 6.45) is 0. The lowest BCUT2D eigenvalue weighted by atomic mass is 10.1. The Balaban J connectivity index is 1.94. The van der Waals surface area contributed by atoms with E-state index < -0.39 is 0 Å². The largest absolute Gasteiger partial charge is 0.331 e. The van der Waals surface area contributed by atoms with Gasteiger partial charge in [0.15, 0.2) is 0 Å². The van der Waals surface area contributed by atoms with E-state index in [1.165, 1.54) is 0 Å². The molecule has 0 N–H and O–H groups in total. The minimum atomic E-state index is -0.0497. The number of halogens is 2. The maximum atomic E-state index is 13.0. The fourth-order valence-electron chi connectivity index (χ4n) is 2.99. The van der Waals surface area contributed by atoms with E-state index >= 15 is 0 Å². The number of rotatable bonds is 5. The molecule has 0 bridgehead atoms. The fourth-order valence-corrected chi connectivity index (χ4v) is 3.35. The Labute approximate surface area is 163 Å². The molecule has 0 spiro atoms. The Morgan fingerprint density at radius 2 is 1.88 bits per heavy atom. The standard InChI is InChI=1S/C20H21Cl2N3O/c1-13(2)11-25(20(26)14-5-4-6-15(21)9-14)12-19-23-17-8-7-16(22)10-18(17)24(19)3/h4-10,13H,11-12H2,1-3H3. The van der Waals surface area contributed by atoms with Gasteiger partial charge in [-0.05, 0) is 42.3 Å². The van der Waals surface area contributed by atoms with E-state index in [9.17, 15) is 4.79 Å². The lowest BCUT2D eigenvalue weighted by Crippen LogP contribution is -2.34. The van der Waals surface area contributed by atoms with Crippen LogP contribution in [0.1, 0.15) is 30.0 Å². The van der Waals surface area contributed by atoms with Crippen molar-refractivity contribution in [2.45, 2.75) is 20.4 Å². The molecule has 0 aliphatic heterocycles. The second-order valence-electron chi connectivity index (χ2n) is 6.81. The Hall–Kier alpha value is -2.04. The van der Waals surface area contributed by atoms with Gasteiger partial charge in [0.1, 0.15) is 5.82 Å². The third-order valence-electron chi connectivity index (χ3n) is 4.21. The smallest absolute Gasteiger partial charge is 0.254 e. The molecule has 0 unspecified atom stereocenters. The average Bonchev–Trinajstić information content (AvgIpc) is 2.89. The Morgan fingerprint density at radius 1 is 1.15 bits per heavy atom. The third kappa shape index (κ3) is 4.02. The van der Waals surface area contributed by atoms with Crippen molar-refractivity contribution >= 4 is 40.1 Å². The SMILES string of the molecule is CC(C)CN(Cc1nc2ccc(Cl)cc2n1C)C(=O)c1cccc(Cl)c1. The first-order valence-electron chi connectivity index (χ1n) is 8.51. The molecule has 0 radical (unpaired) electrons. The number of amides is 1. The molecule has 1 amide bonds. The van der Waals surface area contributed by atoms with Gasteiger partial charge in [-0.15, -0.1) is 0 Å². The quantitative estimate of drug-likeness (QED) is 0.602. The number of imidazole rings is 1. The van der Waals surface area contributed by atoms with E-state index in [4.69, 9.17) is 23.2 Å². The summed E-state index contributed by atoms with van der Waals surface area (Å²) >= 11 is 12.2. The highest BCUT2D eigenvalue weighted by Gasteiger charge is 2.20. The molecule has 0 aliphatic rings. The molecule has 6 heteroatoms. The van der Waals surface area contributed by atoms with Gasteiger partial charge in [0.2, 0.25) is 0 Å². The molecule has 4 nitrogen and oxygen atoms in total. The van der Waals surface area contributed by atoms with Crippen LogP contribution in [0.5, 0.6) is 0 Å². The minimum Gasteiger partial charge on any atom is -0.331 e. The molecule has 0 saturated heterocycles. The normalized spacial score (nSPS) is 11.3. The fraction of sp³-hybridized carbons (Fsp3) is 0.300. The highest BCUT2D eigenvalue weighted by atomic mass is 35.5. The van der Waals surface area contributed by atoms with E-state index in [1.54, 1.807) is 24.3 Å². The van der Waals surface area contributed by atoms with Crippen LogP contribution < -0.4 is 0 Å². The van der Waals surface area contributed by atoms with Crippen molar-refractivity contribution in [1.29, 1.82) is 0 Å². The second-order valence-corrected chi connectivity index (χ2v) is 7.68. The monoisotopic (exact) mass is 389 g/mol. The molecule has 0 atom stereocenters. The maximum Gasteiger partial charge on any atom is 0.254 e. The third-order valence-corrected chi connectivity index (χ3v) is 4.68. The van der Waals surface area contributed by atoms with Crippen LogP contribution in [-0.4, -0.2) is 26.9 Å². The topological polar surface area (TPSA) is 38.1 Å². The first-order chi connectivity index (χ1) is 12.3. The van der Waals surface area contributed by atoms with Crippen molar-refractivity contribution in [3.8, 4) is 0 Å². The van der Waals surface area contributed by atoms with Crippen molar-refractivity contribution in [2.75, 3.05) is 6.54 Å². The Morgan fingerprint density at radius 3 is 2.58 bits per heavy atom. The number of hydrogen-bond acceptors (Lipinski definition) is 2. The van der Waals surface area contributed by atoms with Gasteiger partial charge in [-0.1, -0.05) is 43.1 Å². The molecule has 1 heterocycles. The Kier molecular flexibility index (Phi) is 5.54. The van der Waals surface area contributed by atoms with E-state index in [0.717, 1.165) is 16.9 Å². The van der Waals surface area contributed by atoms with Crippen molar-refractivity contribution in [3.05, 3.63) is 63.9 Å². The van der Waals surface area contributed by atoms with Gasteiger partial charge in [-0.25, -0.2) is 4.98 Å². The van der Waals surface area contributed by atoms with Crippen LogP contribution in [0.3, 0.4) is 0 Å². The first-order valence-corrected chi connectivity index (χ1v) is 9.26. The summed E-state index contributed by atoms with van der Waals surface area (Å²) in [5.41, 5.74) is 2.40. The molecule has 0 saturated carbocycles. The van der Waals surface area contributed by atoms with Crippen LogP contribution in [0.2, 0.25) is 10.0 Å². The van der Waals surface area contributed by atoms with Crippen LogP contribution in [-0.2, 0) is 13.6 Å². The number of carbonyl (C=O) groups is 1. The molecular formula is C20H21Cl2N3O. The predicted octanol–water partition coefficient (Wildman–Crippen LogP) is 5.18. The zero-order chi connectivity index (χ0) is 18.8. The number of benzene rings is 2. The average molecular weight is 390 g/mol. The summed E-state index contributed by atoms with van der Waals surface area (Å²) in [5.74, 6) is 1.10. The van der Waals surface area contributed by atoms with Gasteiger partial charge in [-0.2, -0.15) is 0 Å². The number of hydrogen-bond donors (Lipinski definition) is 0. The number of aryl methyl sites for hydroxylation is 1. The summed E-state index contributed by atoms with van der Waals surface area (Å²) < 4.78 is 1.99. The summed E-state index contributed by atoms with van der Waals surface area (Å²) in [4.78, 5) is 19.5. The van der Waals surface area contributed by atoms with Crippen LogP contribution in [0, 0.1) is 5.92 Å². The molecule has 0 aliphatic carbocycles. The summed E-state index contributed by atoms with van der Waals surface area (Å²) in [7, 11) is 1.94. The number of nitrogens with zero attached hydrogens (tertiary/aromatic N) is 3. The lowest BCUT2D eigenvalue weighted by Gasteiger charge is -2.24. The van der Waals surface area contributed by atoms with Crippen LogP contribution >= 0.6 is 23.2 Å². The number of aromatic nitrogens is 2. The molecule has 3 aromatic rings. The van der Waals surface area contributed by atoms with E-state index in [-0.39, 0.29) is 5.91 Å². The highest BCUT2D eigenvalue weighted by Crippen LogP contribution is 2.22. The van der Waals surface area contributed by atoms with Gasteiger partial charge in [0, 0.05) is 29.2 Å². The molecule has 2 aromatic carbocycles. The molecule has 136 valence electrons. The Bertz CT molecular complexity index is 949. The summed E-state index contributed by atoms with van der Waals surface area (Å²) in [5, 5.41) is 1.22. The molecule has 3 rings (SSSR count). The second kappa shape index (κ2) is 7.68. The van der Waals surface area contributed by atoms with Gasteiger partial charge >= 0.3 is 0 Å². The molecule has 26 heavy (non-hydrogen) atoms. The minimum absolute atomic E-state index is 0.0497. The zero-order valence-electron chi connectivity index (χ0n) is 15.0. The molecular weight excluding hydrogens is 369 g/mol.